The number of nitrogens with two attached hydrogens (primary N) is 1. The first-order valence-corrected chi connectivity index (χ1v) is 5.92. The lowest BCUT2D eigenvalue weighted by atomic mass is 10.0. The van der Waals surface area contributed by atoms with Crippen LogP contribution in [0.3, 0.4) is 0 Å². The molecule has 0 aromatic heterocycles. The smallest absolute Gasteiger partial charge is 0.0705 e. The molecule has 0 aliphatic rings. The summed E-state index contributed by atoms with van der Waals surface area (Å²) >= 11 is 0. The first-order chi connectivity index (χ1) is 7.33. The second kappa shape index (κ2) is 7.22. The van der Waals surface area contributed by atoms with Crippen molar-refractivity contribution in [3.8, 4) is 0 Å². The molecule has 16 heavy (non-hydrogen) atoms. The number of hydrogen-bond acceptors (Lipinski definition) is 4. The van der Waals surface area contributed by atoms with Gasteiger partial charge < -0.3 is 20.3 Å². The lowest BCUT2D eigenvalue weighted by Gasteiger charge is -2.29. The van der Waals surface area contributed by atoms with E-state index in [4.69, 9.17) is 20.3 Å². The van der Waals surface area contributed by atoms with E-state index in [1.807, 2.05) is 27.7 Å². The zero-order chi connectivity index (χ0) is 12.7. The number of ether oxygens (including phenoxy) is 2. The Morgan fingerprint density at radius 1 is 0.938 bits per heavy atom. The molecule has 0 fully saturated rings. The Kier molecular flexibility index (Phi) is 7.15. The highest BCUT2D eigenvalue weighted by Gasteiger charge is 2.21. The van der Waals surface area contributed by atoms with Crippen LogP contribution in [-0.2, 0) is 9.47 Å². The summed E-state index contributed by atoms with van der Waals surface area (Å²) in [6, 6.07) is 0. The van der Waals surface area contributed by atoms with Crippen LogP contribution in [0, 0.1) is 0 Å². The third-order valence-corrected chi connectivity index (χ3v) is 2.53. The van der Waals surface area contributed by atoms with Gasteiger partial charge in [-0.3, -0.25) is 0 Å². The van der Waals surface area contributed by atoms with E-state index in [-0.39, 0.29) is 17.8 Å². The Labute approximate surface area is 99.1 Å². The molecule has 0 atom stereocenters. The maximum atomic E-state index is 8.68. The molecule has 0 aliphatic heterocycles. The lowest BCUT2D eigenvalue weighted by Crippen LogP contribution is -2.32. The SMILES string of the molecule is CC(C)(CCN)OCCC(C)(C)OCCO. The molecule has 0 aliphatic carbocycles. The average molecular weight is 233 g/mol. The number of aliphatic hydroxyl groups is 1. The van der Waals surface area contributed by atoms with Gasteiger partial charge in [0.25, 0.3) is 0 Å². The maximum Gasteiger partial charge on any atom is 0.0705 e. The van der Waals surface area contributed by atoms with Crippen molar-refractivity contribution < 1.29 is 14.6 Å². The van der Waals surface area contributed by atoms with Crippen LogP contribution in [0.2, 0.25) is 0 Å². The number of aliphatic hydroxyl groups excluding tert-OH is 1. The molecule has 0 radical (unpaired) electrons. The highest BCUT2D eigenvalue weighted by atomic mass is 16.5. The second-order valence-corrected chi connectivity index (χ2v) is 5.23. The first kappa shape index (κ1) is 15.8. The highest BCUT2D eigenvalue weighted by Crippen LogP contribution is 2.18. The summed E-state index contributed by atoms with van der Waals surface area (Å²) in [6.45, 7) is 9.80. The topological polar surface area (TPSA) is 64.7 Å². The number of rotatable bonds is 9. The molecule has 0 amide bonds. The molecule has 0 saturated heterocycles. The summed E-state index contributed by atoms with van der Waals surface area (Å²) in [5, 5.41) is 8.68. The Bertz CT molecular complexity index is 181. The van der Waals surface area contributed by atoms with Gasteiger partial charge in [0.1, 0.15) is 0 Å². The lowest BCUT2D eigenvalue weighted by molar-refractivity contribution is -0.0792. The van der Waals surface area contributed by atoms with Gasteiger partial charge in [-0.1, -0.05) is 0 Å². The normalized spacial score (nSPS) is 13.1. The van der Waals surface area contributed by atoms with Gasteiger partial charge in [-0.05, 0) is 47.1 Å². The van der Waals surface area contributed by atoms with Gasteiger partial charge in [0.2, 0.25) is 0 Å². The minimum absolute atomic E-state index is 0.0585. The quantitative estimate of drug-likeness (QED) is 0.630. The van der Waals surface area contributed by atoms with E-state index in [0.29, 0.717) is 19.8 Å². The first-order valence-electron chi connectivity index (χ1n) is 5.92. The largest absolute Gasteiger partial charge is 0.394 e. The molecule has 98 valence electrons. The summed E-state index contributed by atoms with van der Waals surface area (Å²) in [7, 11) is 0. The molecular formula is C12H27NO3. The fourth-order valence-electron chi connectivity index (χ4n) is 1.39. The zero-order valence-corrected chi connectivity index (χ0v) is 11.1. The van der Waals surface area contributed by atoms with Crippen molar-refractivity contribution in [2.75, 3.05) is 26.4 Å². The predicted molar refractivity (Wildman–Crippen MR) is 65.4 cm³/mol. The molecule has 0 aromatic carbocycles. The summed E-state index contributed by atoms with van der Waals surface area (Å²) in [6.07, 6.45) is 1.66. The van der Waals surface area contributed by atoms with Crippen molar-refractivity contribution in [2.24, 2.45) is 5.73 Å². The number of hydrogen-bond donors (Lipinski definition) is 2. The van der Waals surface area contributed by atoms with Crippen LogP contribution in [0.1, 0.15) is 40.5 Å². The Balaban J connectivity index is 3.78. The summed E-state index contributed by atoms with van der Waals surface area (Å²) < 4.78 is 11.3. The minimum Gasteiger partial charge on any atom is -0.394 e. The van der Waals surface area contributed by atoms with Gasteiger partial charge in [0.15, 0.2) is 0 Å². The van der Waals surface area contributed by atoms with Gasteiger partial charge in [0.05, 0.1) is 31.0 Å². The van der Waals surface area contributed by atoms with Crippen molar-refractivity contribution in [3.63, 3.8) is 0 Å². The van der Waals surface area contributed by atoms with Crippen molar-refractivity contribution >= 4 is 0 Å². The molecule has 0 unspecified atom stereocenters. The summed E-state index contributed by atoms with van der Waals surface area (Å²) in [5.74, 6) is 0. The van der Waals surface area contributed by atoms with E-state index >= 15 is 0 Å². The van der Waals surface area contributed by atoms with Crippen molar-refractivity contribution in [1.82, 2.24) is 0 Å². The molecule has 0 heterocycles. The zero-order valence-electron chi connectivity index (χ0n) is 11.1. The second-order valence-electron chi connectivity index (χ2n) is 5.23. The molecule has 0 rings (SSSR count). The van der Waals surface area contributed by atoms with Gasteiger partial charge in [-0.15, -0.1) is 0 Å². The molecular weight excluding hydrogens is 206 g/mol. The minimum atomic E-state index is -0.248. The van der Waals surface area contributed by atoms with Crippen LogP contribution in [0.15, 0.2) is 0 Å². The van der Waals surface area contributed by atoms with E-state index in [2.05, 4.69) is 0 Å². The van der Waals surface area contributed by atoms with Crippen LogP contribution in [0.25, 0.3) is 0 Å². The van der Waals surface area contributed by atoms with E-state index in [1.165, 1.54) is 0 Å². The van der Waals surface area contributed by atoms with Crippen molar-refractivity contribution in [2.45, 2.75) is 51.7 Å². The Morgan fingerprint density at radius 3 is 1.94 bits per heavy atom. The van der Waals surface area contributed by atoms with Crippen LogP contribution in [0.4, 0.5) is 0 Å². The van der Waals surface area contributed by atoms with Gasteiger partial charge in [0, 0.05) is 0 Å². The average Bonchev–Trinajstić information content (AvgIpc) is 2.14. The van der Waals surface area contributed by atoms with Crippen LogP contribution in [0.5, 0.6) is 0 Å². The van der Waals surface area contributed by atoms with Crippen LogP contribution >= 0.6 is 0 Å². The highest BCUT2D eigenvalue weighted by molar-refractivity contribution is 4.72. The predicted octanol–water partition coefficient (Wildman–Crippen LogP) is 1.31. The summed E-state index contributed by atoms with van der Waals surface area (Å²) in [5.41, 5.74) is 5.09. The van der Waals surface area contributed by atoms with E-state index < -0.39 is 0 Å². The van der Waals surface area contributed by atoms with Gasteiger partial charge in [-0.2, -0.15) is 0 Å². The van der Waals surface area contributed by atoms with Crippen LogP contribution in [-0.4, -0.2) is 42.7 Å². The van der Waals surface area contributed by atoms with Crippen molar-refractivity contribution in [1.29, 1.82) is 0 Å². The molecule has 0 bridgehead atoms. The van der Waals surface area contributed by atoms with E-state index in [9.17, 15) is 0 Å². The van der Waals surface area contributed by atoms with Gasteiger partial charge in [-0.25, -0.2) is 0 Å². The third kappa shape index (κ3) is 8.05. The fourth-order valence-corrected chi connectivity index (χ4v) is 1.39. The monoisotopic (exact) mass is 233 g/mol. The van der Waals surface area contributed by atoms with E-state index in [0.717, 1.165) is 12.8 Å². The summed E-state index contributed by atoms with van der Waals surface area (Å²) in [4.78, 5) is 0. The molecule has 3 N–H and O–H groups in total. The molecule has 4 nitrogen and oxygen atoms in total. The van der Waals surface area contributed by atoms with E-state index in [1.54, 1.807) is 0 Å². The molecule has 0 saturated carbocycles. The molecule has 4 heteroatoms. The van der Waals surface area contributed by atoms with Gasteiger partial charge >= 0.3 is 0 Å². The Hall–Kier alpha value is -0.160. The van der Waals surface area contributed by atoms with Crippen LogP contribution < -0.4 is 5.73 Å². The molecule has 0 aromatic rings. The Morgan fingerprint density at radius 2 is 1.44 bits per heavy atom. The fraction of sp³-hybridized carbons (Fsp3) is 1.00. The van der Waals surface area contributed by atoms with Crippen molar-refractivity contribution in [3.05, 3.63) is 0 Å². The molecule has 0 spiro atoms. The third-order valence-electron chi connectivity index (χ3n) is 2.53. The maximum absolute atomic E-state index is 8.68. The standard InChI is InChI=1S/C12H27NO3/c1-11(2,5-7-13)15-9-6-12(3,4)16-10-8-14/h14H,5-10,13H2,1-4H3.